The maximum absolute atomic E-state index is 12.9. The van der Waals surface area contributed by atoms with Gasteiger partial charge in [0.1, 0.15) is 10.6 Å². The fraction of sp³-hybridized carbons (Fsp3) is 0.400. The van der Waals surface area contributed by atoms with Crippen LogP contribution in [0.3, 0.4) is 0 Å². The molecule has 1 aliphatic heterocycles. The van der Waals surface area contributed by atoms with Crippen LogP contribution >= 0.6 is 0 Å². The summed E-state index contributed by atoms with van der Waals surface area (Å²) in [6.07, 6.45) is 2.00. The molecule has 0 bridgehead atoms. The van der Waals surface area contributed by atoms with Crippen LogP contribution in [0.15, 0.2) is 47.4 Å². The van der Waals surface area contributed by atoms with Gasteiger partial charge in [0, 0.05) is 31.6 Å². The summed E-state index contributed by atoms with van der Waals surface area (Å²) >= 11 is 0. The molecule has 146 valence electrons. The molecular weight excluding hydrogens is 364 g/mol. The van der Waals surface area contributed by atoms with E-state index in [2.05, 4.69) is 9.62 Å². The molecule has 7 heteroatoms. The maximum atomic E-state index is 12.9. The molecule has 0 saturated carbocycles. The monoisotopic (exact) mass is 390 g/mol. The number of hydrogen-bond donors (Lipinski definition) is 1. The Kier molecular flexibility index (Phi) is 5.92. The molecule has 27 heavy (non-hydrogen) atoms. The molecule has 1 N–H and O–H groups in total. The summed E-state index contributed by atoms with van der Waals surface area (Å²) in [7, 11) is -0.542. The number of hydrogen-bond acceptors (Lipinski definition) is 5. The number of sulfonamides is 1. The predicted octanol–water partition coefficient (Wildman–Crippen LogP) is 3.28. The molecule has 0 radical (unpaired) electrons. The van der Waals surface area contributed by atoms with Crippen molar-refractivity contribution in [3.8, 4) is 5.75 Å². The Hall–Kier alpha value is -2.25. The van der Waals surface area contributed by atoms with Crippen LogP contribution in [0.5, 0.6) is 5.75 Å². The second kappa shape index (κ2) is 8.19. The molecule has 0 amide bonds. The minimum Gasteiger partial charge on any atom is -0.495 e. The fourth-order valence-electron chi connectivity index (χ4n) is 3.26. The summed E-state index contributed by atoms with van der Waals surface area (Å²) in [4.78, 5) is 2.39. The van der Waals surface area contributed by atoms with Crippen molar-refractivity contribution in [1.82, 2.24) is 0 Å². The third-order valence-corrected chi connectivity index (χ3v) is 6.29. The zero-order chi connectivity index (χ0) is 19.4. The molecule has 1 atom stereocenters. The highest BCUT2D eigenvalue weighted by atomic mass is 32.2. The minimum absolute atomic E-state index is 0.149. The summed E-state index contributed by atoms with van der Waals surface area (Å²) in [6.45, 7) is 3.77. The van der Waals surface area contributed by atoms with Gasteiger partial charge in [-0.05, 0) is 54.8 Å². The summed E-state index contributed by atoms with van der Waals surface area (Å²) < 4.78 is 39.0. The van der Waals surface area contributed by atoms with Crippen LogP contribution in [-0.4, -0.2) is 41.8 Å². The Bertz CT molecular complexity index is 881. The van der Waals surface area contributed by atoms with Crippen molar-refractivity contribution < 1.29 is 17.9 Å². The van der Waals surface area contributed by atoms with E-state index in [0.29, 0.717) is 11.4 Å². The van der Waals surface area contributed by atoms with Gasteiger partial charge in [0.15, 0.2) is 0 Å². The normalized spacial score (nSPS) is 17.1. The summed E-state index contributed by atoms with van der Waals surface area (Å²) in [5.41, 5.74) is 2.52. The van der Waals surface area contributed by atoms with Crippen molar-refractivity contribution in [3.63, 3.8) is 0 Å². The summed E-state index contributed by atoms with van der Waals surface area (Å²) in [6, 6.07) is 12.6. The highest BCUT2D eigenvalue weighted by molar-refractivity contribution is 7.92. The van der Waals surface area contributed by atoms with Gasteiger partial charge < -0.3 is 14.4 Å². The van der Waals surface area contributed by atoms with E-state index >= 15 is 0 Å². The first-order valence-corrected chi connectivity index (χ1v) is 10.5. The first kappa shape index (κ1) is 19.5. The standard InChI is InChI=1S/C20H26N2O4S/c1-4-15-5-10-19(26-3)20(13-15)27(23,24)21-16-6-8-17(9-7-16)22-12-11-18(14-22)25-2/h5-10,13,18,21H,4,11-12,14H2,1-3H3. The number of aryl methyl sites for hydroxylation is 1. The maximum Gasteiger partial charge on any atom is 0.265 e. The van der Waals surface area contributed by atoms with Crippen molar-refractivity contribution in [1.29, 1.82) is 0 Å². The van der Waals surface area contributed by atoms with E-state index in [1.54, 1.807) is 31.4 Å². The minimum atomic E-state index is -3.74. The average molecular weight is 391 g/mol. The Morgan fingerprint density at radius 1 is 1.15 bits per heavy atom. The van der Waals surface area contributed by atoms with Gasteiger partial charge >= 0.3 is 0 Å². The van der Waals surface area contributed by atoms with Crippen LogP contribution in [0.4, 0.5) is 11.4 Å². The van der Waals surface area contributed by atoms with Crippen LogP contribution in [0.25, 0.3) is 0 Å². The van der Waals surface area contributed by atoms with Crippen molar-refractivity contribution in [2.45, 2.75) is 30.8 Å². The highest BCUT2D eigenvalue weighted by Crippen LogP contribution is 2.28. The second-order valence-corrected chi connectivity index (χ2v) is 8.23. The molecule has 6 nitrogen and oxygen atoms in total. The van der Waals surface area contributed by atoms with Crippen LogP contribution in [0.1, 0.15) is 18.9 Å². The van der Waals surface area contributed by atoms with Crippen molar-refractivity contribution in [2.75, 3.05) is 36.9 Å². The lowest BCUT2D eigenvalue weighted by molar-refractivity contribution is 0.121. The number of nitrogens with one attached hydrogen (secondary N) is 1. The van der Waals surface area contributed by atoms with Crippen LogP contribution < -0.4 is 14.4 Å². The van der Waals surface area contributed by atoms with E-state index in [1.807, 2.05) is 25.1 Å². The molecule has 0 aromatic heterocycles. The molecule has 3 rings (SSSR count). The van der Waals surface area contributed by atoms with Gasteiger partial charge in [-0.3, -0.25) is 4.72 Å². The smallest absolute Gasteiger partial charge is 0.265 e. The Balaban J connectivity index is 1.78. The quantitative estimate of drug-likeness (QED) is 0.786. The van der Waals surface area contributed by atoms with Gasteiger partial charge in [-0.25, -0.2) is 8.42 Å². The molecular formula is C20H26N2O4S. The Morgan fingerprint density at radius 3 is 2.48 bits per heavy atom. The van der Waals surface area contributed by atoms with Gasteiger partial charge in [-0.1, -0.05) is 13.0 Å². The summed E-state index contributed by atoms with van der Waals surface area (Å²) in [5.74, 6) is 0.332. The Labute approximate surface area is 161 Å². The number of anilines is 2. The number of rotatable bonds is 7. The Morgan fingerprint density at radius 2 is 1.89 bits per heavy atom. The number of nitrogens with zero attached hydrogens (tertiary/aromatic N) is 1. The van der Waals surface area contributed by atoms with Crippen molar-refractivity contribution >= 4 is 21.4 Å². The molecule has 1 fully saturated rings. The molecule has 1 unspecified atom stereocenters. The lowest BCUT2D eigenvalue weighted by Crippen LogP contribution is -2.22. The number of benzene rings is 2. The third kappa shape index (κ3) is 4.36. The topological polar surface area (TPSA) is 67.9 Å². The lowest BCUT2D eigenvalue weighted by Gasteiger charge is -2.19. The fourth-order valence-corrected chi connectivity index (χ4v) is 4.54. The van der Waals surface area contributed by atoms with Crippen LogP contribution in [0.2, 0.25) is 0 Å². The highest BCUT2D eigenvalue weighted by Gasteiger charge is 2.23. The van der Waals surface area contributed by atoms with Gasteiger partial charge in [0.2, 0.25) is 0 Å². The number of methoxy groups -OCH3 is 2. The first-order valence-electron chi connectivity index (χ1n) is 9.04. The van der Waals surface area contributed by atoms with Gasteiger partial charge in [0.25, 0.3) is 10.0 Å². The van der Waals surface area contributed by atoms with Crippen molar-refractivity contribution in [3.05, 3.63) is 48.0 Å². The van der Waals surface area contributed by atoms with Gasteiger partial charge in [-0.2, -0.15) is 0 Å². The van der Waals surface area contributed by atoms with E-state index in [9.17, 15) is 8.42 Å². The van der Waals surface area contributed by atoms with Crippen molar-refractivity contribution in [2.24, 2.45) is 0 Å². The second-order valence-electron chi connectivity index (χ2n) is 6.58. The molecule has 1 saturated heterocycles. The molecule has 1 aliphatic rings. The molecule has 1 heterocycles. The van der Waals surface area contributed by atoms with Gasteiger partial charge in [0.05, 0.1) is 13.2 Å². The predicted molar refractivity (Wildman–Crippen MR) is 107 cm³/mol. The molecule has 0 spiro atoms. The van der Waals surface area contributed by atoms with Gasteiger partial charge in [-0.15, -0.1) is 0 Å². The zero-order valence-electron chi connectivity index (χ0n) is 15.9. The first-order chi connectivity index (χ1) is 13.0. The number of ether oxygens (including phenoxy) is 2. The largest absolute Gasteiger partial charge is 0.495 e. The van der Waals surface area contributed by atoms with Crippen LogP contribution in [0, 0.1) is 0 Å². The SMILES string of the molecule is CCc1ccc(OC)c(S(=O)(=O)Nc2ccc(N3CCC(OC)C3)cc2)c1. The summed E-state index contributed by atoms with van der Waals surface area (Å²) in [5, 5.41) is 0. The van der Waals surface area contributed by atoms with E-state index in [1.165, 1.54) is 7.11 Å². The van der Waals surface area contributed by atoms with E-state index < -0.39 is 10.0 Å². The van der Waals surface area contributed by atoms with E-state index in [0.717, 1.165) is 37.2 Å². The average Bonchev–Trinajstić information content (AvgIpc) is 3.17. The van der Waals surface area contributed by atoms with E-state index in [4.69, 9.17) is 9.47 Å². The lowest BCUT2D eigenvalue weighted by atomic mass is 10.2. The zero-order valence-corrected chi connectivity index (χ0v) is 16.8. The third-order valence-electron chi connectivity index (χ3n) is 4.89. The molecule has 0 aliphatic carbocycles. The molecule has 2 aromatic rings. The van der Waals surface area contributed by atoms with E-state index in [-0.39, 0.29) is 11.0 Å². The van der Waals surface area contributed by atoms with Crippen LogP contribution in [-0.2, 0) is 21.2 Å². The molecule has 2 aromatic carbocycles.